The number of nitrogens with zero attached hydrogens (tertiary/aromatic N) is 3. The second-order valence-corrected chi connectivity index (χ2v) is 7.77. The molecule has 2 aliphatic heterocycles. The Morgan fingerprint density at radius 2 is 2.08 bits per heavy atom. The number of piperazine rings is 1. The quantitative estimate of drug-likeness (QED) is 0.769. The molecule has 0 aromatic carbocycles. The first-order valence-electron chi connectivity index (χ1n) is 9.58. The van der Waals surface area contributed by atoms with Crippen LogP contribution in [0.2, 0.25) is 0 Å². The molecule has 1 aromatic heterocycles. The minimum atomic E-state index is -0.187. The molecule has 0 bridgehead atoms. The molecule has 0 unspecified atom stereocenters. The molecule has 2 atom stereocenters. The minimum Gasteiger partial charge on any atom is -0.360 e. The smallest absolute Gasteiger partial charge is 0.273 e. The fourth-order valence-corrected chi connectivity index (χ4v) is 3.79. The zero-order chi connectivity index (χ0) is 18.1. The molecule has 8 nitrogen and oxygen atoms in total. The Bertz CT molecular complexity index is 666. The van der Waals surface area contributed by atoms with Crippen molar-refractivity contribution >= 4 is 11.8 Å². The lowest BCUT2D eigenvalue weighted by Gasteiger charge is -2.29. The first-order valence-corrected chi connectivity index (χ1v) is 9.58. The van der Waals surface area contributed by atoms with Crippen LogP contribution in [0, 0.1) is 5.92 Å². The second kappa shape index (κ2) is 7.36. The predicted molar refractivity (Wildman–Crippen MR) is 94.8 cm³/mol. The number of aromatic nitrogens is 1. The minimum absolute atomic E-state index is 0.0272. The van der Waals surface area contributed by atoms with Gasteiger partial charge >= 0.3 is 0 Å². The molecule has 3 fully saturated rings. The van der Waals surface area contributed by atoms with Crippen LogP contribution in [0.1, 0.15) is 41.9 Å². The van der Waals surface area contributed by atoms with E-state index < -0.39 is 0 Å². The van der Waals surface area contributed by atoms with Gasteiger partial charge in [0.05, 0.1) is 6.54 Å². The molecule has 1 aromatic rings. The highest BCUT2D eigenvalue weighted by atomic mass is 16.5. The first-order chi connectivity index (χ1) is 12.6. The lowest BCUT2D eigenvalue weighted by molar-refractivity contribution is -0.132. The number of carbonyl (C=O) groups excluding carboxylic acids is 2. The highest BCUT2D eigenvalue weighted by Gasteiger charge is 2.34. The van der Waals surface area contributed by atoms with Gasteiger partial charge in [0, 0.05) is 57.3 Å². The number of nitrogens with one attached hydrogen (secondary N) is 2. The molecule has 0 radical (unpaired) electrons. The third-order valence-electron chi connectivity index (χ3n) is 5.57. The zero-order valence-corrected chi connectivity index (χ0v) is 15.2. The Morgan fingerprint density at radius 3 is 2.81 bits per heavy atom. The molecule has 4 rings (SSSR count). The molecule has 8 heteroatoms. The van der Waals surface area contributed by atoms with Gasteiger partial charge in [-0.25, -0.2) is 0 Å². The summed E-state index contributed by atoms with van der Waals surface area (Å²) in [5, 5.41) is 10.2. The topological polar surface area (TPSA) is 90.7 Å². The van der Waals surface area contributed by atoms with Crippen LogP contribution in [0.3, 0.4) is 0 Å². The molecule has 3 heterocycles. The van der Waals surface area contributed by atoms with Crippen LogP contribution < -0.4 is 10.6 Å². The zero-order valence-electron chi connectivity index (χ0n) is 15.2. The number of carbonyl (C=O) groups is 2. The van der Waals surface area contributed by atoms with Crippen LogP contribution in [0.25, 0.3) is 0 Å². The number of hydrogen-bond acceptors (Lipinski definition) is 6. The van der Waals surface area contributed by atoms with Crippen molar-refractivity contribution in [2.45, 2.75) is 31.7 Å². The van der Waals surface area contributed by atoms with Crippen LogP contribution in [0.15, 0.2) is 10.6 Å². The van der Waals surface area contributed by atoms with Crippen molar-refractivity contribution in [2.24, 2.45) is 5.92 Å². The monoisotopic (exact) mass is 361 g/mol. The van der Waals surface area contributed by atoms with E-state index in [9.17, 15) is 9.59 Å². The highest BCUT2D eigenvalue weighted by Crippen LogP contribution is 2.40. The average Bonchev–Trinajstić information content (AvgIpc) is 3.27. The van der Waals surface area contributed by atoms with Gasteiger partial charge in [-0.05, 0) is 18.8 Å². The van der Waals surface area contributed by atoms with Crippen molar-refractivity contribution in [3.8, 4) is 0 Å². The molecule has 2 amide bonds. The van der Waals surface area contributed by atoms with Gasteiger partial charge in [0.2, 0.25) is 5.91 Å². The van der Waals surface area contributed by atoms with E-state index in [1.165, 1.54) is 0 Å². The van der Waals surface area contributed by atoms with Gasteiger partial charge in [0.25, 0.3) is 5.91 Å². The number of rotatable bonds is 5. The molecular formula is C18H27N5O3. The fourth-order valence-electron chi connectivity index (χ4n) is 3.79. The van der Waals surface area contributed by atoms with E-state index >= 15 is 0 Å². The summed E-state index contributed by atoms with van der Waals surface area (Å²) < 4.78 is 5.27. The van der Waals surface area contributed by atoms with Gasteiger partial charge in [-0.15, -0.1) is 0 Å². The fraction of sp³-hybridized carbons (Fsp3) is 0.722. The van der Waals surface area contributed by atoms with E-state index in [0.717, 1.165) is 51.3 Å². The molecule has 142 valence electrons. The average molecular weight is 361 g/mol. The molecule has 1 saturated carbocycles. The molecular weight excluding hydrogens is 334 g/mol. The Balaban J connectivity index is 1.28. The Hall–Kier alpha value is -1.93. The Morgan fingerprint density at radius 1 is 1.31 bits per heavy atom. The summed E-state index contributed by atoms with van der Waals surface area (Å²) in [7, 11) is 0. The summed E-state index contributed by atoms with van der Waals surface area (Å²) >= 11 is 0. The predicted octanol–water partition coefficient (Wildman–Crippen LogP) is 0.0339. The van der Waals surface area contributed by atoms with Crippen molar-refractivity contribution < 1.29 is 14.1 Å². The standard InChI is InChI=1S/C18H27N5O3/c1-12-9-22(11-17(24)23-6-4-19-5-7-23)10-15(12)20-18(25)14-8-16(26-21-14)13-2-3-13/h8,12-13,15,19H,2-7,9-11H2,1H3,(H,20,25)/t12-,15-/m1/s1. The van der Waals surface area contributed by atoms with Gasteiger partial charge in [-0.3, -0.25) is 14.5 Å². The van der Waals surface area contributed by atoms with Crippen molar-refractivity contribution in [1.29, 1.82) is 0 Å². The van der Waals surface area contributed by atoms with Gasteiger partial charge in [0.1, 0.15) is 5.76 Å². The van der Waals surface area contributed by atoms with E-state index in [4.69, 9.17) is 4.52 Å². The number of likely N-dealkylation sites (tertiary alicyclic amines) is 1. The van der Waals surface area contributed by atoms with E-state index in [-0.39, 0.29) is 17.9 Å². The normalized spacial score (nSPS) is 26.9. The van der Waals surface area contributed by atoms with E-state index in [1.54, 1.807) is 6.07 Å². The molecule has 2 saturated heterocycles. The number of amides is 2. The lowest BCUT2D eigenvalue weighted by Crippen LogP contribution is -2.49. The third-order valence-corrected chi connectivity index (χ3v) is 5.57. The van der Waals surface area contributed by atoms with Crippen LogP contribution in [0.5, 0.6) is 0 Å². The molecule has 2 N–H and O–H groups in total. The maximum absolute atomic E-state index is 12.4. The van der Waals surface area contributed by atoms with Gasteiger partial charge in [-0.1, -0.05) is 12.1 Å². The summed E-state index contributed by atoms with van der Waals surface area (Å²) in [6.45, 7) is 7.32. The van der Waals surface area contributed by atoms with Gasteiger partial charge in [0.15, 0.2) is 5.69 Å². The van der Waals surface area contributed by atoms with Crippen LogP contribution >= 0.6 is 0 Å². The third kappa shape index (κ3) is 3.91. The van der Waals surface area contributed by atoms with Crippen molar-refractivity contribution in [3.63, 3.8) is 0 Å². The Kier molecular flexibility index (Phi) is 4.95. The van der Waals surface area contributed by atoms with Crippen molar-refractivity contribution in [3.05, 3.63) is 17.5 Å². The summed E-state index contributed by atoms with van der Waals surface area (Å²) in [5.74, 6) is 1.55. The number of hydrogen-bond donors (Lipinski definition) is 2. The lowest BCUT2D eigenvalue weighted by atomic mass is 10.1. The highest BCUT2D eigenvalue weighted by molar-refractivity contribution is 5.92. The second-order valence-electron chi connectivity index (χ2n) is 7.77. The molecule has 0 spiro atoms. The van der Waals surface area contributed by atoms with E-state index in [2.05, 4.69) is 27.6 Å². The Labute approximate surface area is 153 Å². The molecule has 26 heavy (non-hydrogen) atoms. The van der Waals surface area contributed by atoms with Crippen LogP contribution in [-0.2, 0) is 4.79 Å². The van der Waals surface area contributed by atoms with Gasteiger partial charge < -0.3 is 20.1 Å². The van der Waals surface area contributed by atoms with E-state index in [1.807, 2.05) is 4.90 Å². The maximum atomic E-state index is 12.4. The first kappa shape index (κ1) is 17.5. The molecule has 1 aliphatic carbocycles. The summed E-state index contributed by atoms with van der Waals surface area (Å²) in [5.41, 5.74) is 0.356. The van der Waals surface area contributed by atoms with Gasteiger partial charge in [-0.2, -0.15) is 0 Å². The van der Waals surface area contributed by atoms with Crippen molar-refractivity contribution in [1.82, 2.24) is 25.6 Å². The largest absolute Gasteiger partial charge is 0.360 e. The SMILES string of the molecule is C[C@@H]1CN(CC(=O)N2CCNCC2)C[C@H]1NC(=O)c1cc(C2CC2)on1. The summed E-state index contributed by atoms with van der Waals surface area (Å²) in [4.78, 5) is 28.9. The molecule has 3 aliphatic rings. The van der Waals surface area contributed by atoms with Crippen LogP contribution in [-0.4, -0.2) is 78.6 Å². The van der Waals surface area contributed by atoms with E-state index in [0.29, 0.717) is 30.6 Å². The maximum Gasteiger partial charge on any atom is 0.273 e. The van der Waals surface area contributed by atoms with Crippen molar-refractivity contribution in [2.75, 3.05) is 45.8 Å². The summed E-state index contributed by atoms with van der Waals surface area (Å²) in [6.07, 6.45) is 2.23. The van der Waals surface area contributed by atoms with Crippen LogP contribution in [0.4, 0.5) is 0 Å². The summed E-state index contributed by atoms with van der Waals surface area (Å²) in [6, 6.07) is 1.79.